The lowest BCUT2D eigenvalue weighted by Crippen LogP contribution is -2.22. The van der Waals surface area contributed by atoms with Gasteiger partial charge in [0.1, 0.15) is 11.3 Å². The van der Waals surface area contributed by atoms with E-state index in [2.05, 4.69) is 27.8 Å². The van der Waals surface area contributed by atoms with Crippen molar-refractivity contribution in [3.63, 3.8) is 0 Å². The van der Waals surface area contributed by atoms with E-state index in [-0.39, 0.29) is 12.2 Å². The molecule has 3 aromatic rings. The van der Waals surface area contributed by atoms with Crippen molar-refractivity contribution in [3.8, 4) is 5.69 Å². The fourth-order valence-electron chi connectivity index (χ4n) is 3.75. The minimum atomic E-state index is -0.693. The largest absolute Gasteiger partial charge is 0.462 e. The number of benzene rings is 1. The van der Waals surface area contributed by atoms with E-state index in [1.807, 2.05) is 0 Å². The Morgan fingerprint density at radius 2 is 2.03 bits per heavy atom. The molecule has 0 spiro atoms. The number of carbonyl (C=O) groups is 3. The van der Waals surface area contributed by atoms with E-state index in [1.165, 1.54) is 22.3 Å². The third-order valence-electron chi connectivity index (χ3n) is 5.30. The van der Waals surface area contributed by atoms with Crippen LogP contribution in [0.25, 0.3) is 5.69 Å². The van der Waals surface area contributed by atoms with Crippen LogP contribution in [0.5, 0.6) is 0 Å². The van der Waals surface area contributed by atoms with Gasteiger partial charge in [-0.05, 0) is 60.2 Å². The van der Waals surface area contributed by atoms with Crippen LogP contribution in [0.4, 0.5) is 5.00 Å². The summed E-state index contributed by atoms with van der Waals surface area (Å²) in [5.41, 5.74) is 2.00. The fraction of sp³-hybridized carbons (Fsp3) is 0.364. The zero-order valence-electron chi connectivity index (χ0n) is 18.2. The van der Waals surface area contributed by atoms with E-state index in [0.717, 1.165) is 29.7 Å². The normalized spacial score (nSPS) is 14.9. The van der Waals surface area contributed by atoms with E-state index < -0.39 is 24.5 Å². The number of hydrogen-bond acceptors (Lipinski definition) is 9. The Morgan fingerprint density at radius 3 is 2.79 bits per heavy atom. The zero-order valence-corrected chi connectivity index (χ0v) is 19.1. The number of esters is 2. The van der Waals surface area contributed by atoms with E-state index in [0.29, 0.717) is 22.2 Å². The lowest BCUT2D eigenvalue weighted by Gasteiger charge is -2.18. The van der Waals surface area contributed by atoms with Gasteiger partial charge in [0.05, 0.1) is 23.4 Å². The highest BCUT2D eigenvalue weighted by Gasteiger charge is 2.29. The Morgan fingerprint density at radius 1 is 1.21 bits per heavy atom. The summed E-state index contributed by atoms with van der Waals surface area (Å²) in [6.45, 7) is 3.64. The summed E-state index contributed by atoms with van der Waals surface area (Å²) in [6, 6.07) is 6.63. The molecule has 1 N–H and O–H groups in total. The topological polar surface area (TPSA) is 125 Å². The van der Waals surface area contributed by atoms with Gasteiger partial charge in [0.15, 0.2) is 6.61 Å². The average molecular weight is 470 g/mol. The molecule has 0 bridgehead atoms. The second-order valence-corrected chi connectivity index (χ2v) is 8.78. The molecule has 1 aliphatic carbocycles. The number of nitrogens with one attached hydrogen (secondary N) is 1. The van der Waals surface area contributed by atoms with Gasteiger partial charge in [-0.15, -0.1) is 16.4 Å². The van der Waals surface area contributed by atoms with Gasteiger partial charge in [0, 0.05) is 4.88 Å². The van der Waals surface area contributed by atoms with Gasteiger partial charge in [0.2, 0.25) is 0 Å². The van der Waals surface area contributed by atoms with Gasteiger partial charge in [-0.1, -0.05) is 19.1 Å². The van der Waals surface area contributed by atoms with Gasteiger partial charge in [-0.3, -0.25) is 4.79 Å². The summed E-state index contributed by atoms with van der Waals surface area (Å²) < 4.78 is 11.8. The van der Waals surface area contributed by atoms with E-state index in [4.69, 9.17) is 9.47 Å². The van der Waals surface area contributed by atoms with Crippen molar-refractivity contribution in [2.24, 2.45) is 5.92 Å². The Bertz CT molecular complexity index is 1170. The number of nitrogens with zero attached hydrogens (tertiary/aromatic N) is 4. The minimum absolute atomic E-state index is 0.213. The monoisotopic (exact) mass is 469 g/mol. The number of rotatable bonds is 7. The van der Waals surface area contributed by atoms with Crippen LogP contribution in [0, 0.1) is 5.92 Å². The Labute approximate surface area is 193 Å². The molecule has 1 unspecified atom stereocenters. The van der Waals surface area contributed by atoms with Crippen LogP contribution in [0.15, 0.2) is 30.6 Å². The Kier molecular flexibility index (Phi) is 6.78. The first-order valence-corrected chi connectivity index (χ1v) is 11.4. The standard InChI is InChI=1S/C22H23N5O5S/c1-3-31-22(30)19-15-9-8-13(2)10-17(15)33-20(19)24-18(28)11-32-21(29)14-6-4-5-7-16(14)27-12-23-25-26-27/h4-7,12-13H,3,8-11H2,1-2H3,(H,24,28). The fourth-order valence-corrected chi connectivity index (χ4v) is 5.16. The molecule has 10 nitrogen and oxygen atoms in total. The van der Waals surface area contributed by atoms with Crippen molar-refractivity contribution in [3.05, 3.63) is 52.2 Å². The number of fused-ring (bicyclic) bond motifs is 1. The highest BCUT2D eigenvalue weighted by atomic mass is 32.1. The number of para-hydroxylation sites is 1. The molecular formula is C22H23N5O5S. The molecule has 0 saturated carbocycles. The first-order chi connectivity index (χ1) is 16.0. The van der Waals surface area contributed by atoms with Crippen molar-refractivity contribution in [1.29, 1.82) is 0 Å². The highest BCUT2D eigenvalue weighted by molar-refractivity contribution is 7.17. The highest BCUT2D eigenvalue weighted by Crippen LogP contribution is 2.40. The molecule has 1 aromatic carbocycles. The van der Waals surface area contributed by atoms with Gasteiger partial charge in [-0.2, -0.15) is 4.68 Å². The van der Waals surface area contributed by atoms with Crippen LogP contribution >= 0.6 is 11.3 Å². The van der Waals surface area contributed by atoms with Crippen molar-refractivity contribution in [2.75, 3.05) is 18.5 Å². The molecule has 172 valence electrons. The third-order valence-corrected chi connectivity index (χ3v) is 6.47. The first kappa shape index (κ1) is 22.6. The second kappa shape index (κ2) is 9.90. The number of carbonyl (C=O) groups excluding carboxylic acids is 3. The minimum Gasteiger partial charge on any atom is -0.462 e. The number of ether oxygens (including phenoxy) is 2. The molecule has 4 rings (SSSR count). The van der Waals surface area contributed by atoms with Crippen LogP contribution in [0.1, 0.15) is 51.4 Å². The van der Waals surface area contributed by atoms with Crippen LogP contribution < -0.4 is 5.32 Å². The quantitative estimate of drug-likeness (QED) is 0.524. The number of amides is 1. The Balaban J connectivity index is 1.47. The molecule has 1 amide bonds. The van der Waals surface area contributed by atoms with Gasteiger partial charge in [0.25, 0.3) is 5.91 Å². The van der Waals surface area contributed by atoms with Crippen LogP contribution in [-0.2, 0) is 27.1 Å². The van der Waals surface area contributed by atoms with E-state index >= 15 is 0 Å². The number of thiophene rings is 1. The maximum absolute atomic E-state index is 12.6. The zero-order chi connectivity index (χ0) is 23.4. The molecule has 2 heterocycles. The van der Waals surface area contributed by atoms with Crippen molar-refractivity contribution in [1.82, 2.24) is 20.2 Å². The van der Waals surface area contributed by atoms with Crippen LogP contribution in [0.2, 0.25) is 0 Å². The smallest absolute Gasteiger partial charge is 0.341 e. The molecular weight excluding hydrogens is 446 g/mol. The van der Waals surface area contributed by atoms with Gasteiger partial charge >= 0.3 is 11.9 Å². The summed E-state index contributed by atoms with van der Waals surface area (Å²) in [5.74, 6) is -1.18. The number of anilines is 1. The summed E-state index contributed by atoms with van der Waals surface area (Å²) in [5, 5.41) is 14.1. The van der Waals surface area contributed by atoms with Crippen molar-refractivity contribution < 1.29 is 23.9 Å². The molecule has 11 heteroatoms. The van der Waals surface area contributed by atoms with Crippen LogP contribution in [0.3, 0.4) is 0 Å². The maximum atomic E-state index is 12.6. The lowest BCUT2D eigenvalue weighted by atomic mass is 9.88. The van der Waals surface area contributed by atoms with Gasteiger partial charge < -0.3 is 14.8 Å². The molecule has 0 fully saturated rings. The predicted octanol–water partition coefficient (Wildman–Crippen LogP) is 2.82. The summed E-state index contributed by atoms with van der Waals surface area (Å²) in [7, 11) is 0. The van der Waals surface area contributed by atoms with Gasteiger partial charge in [-0.25, -0.2) is 9.59 Å². The van der Waals surface area contributed by atoms with E-state index in [1.54, 1.807) is 31.2 Å². The number of aromatic nitrogens is 4. The predicted molar refractivity (Wildman–Crippen MR) is 120 cm³/mol. The molecule has 33 heavy (non-hydrogen) atoms. The maximum Gasteiger partial charge on any atom is 0.341 e. The summed E-state index contributed by atoms with van der Waals surface area (Å²) >= 11 is 1.38. The first-order valence-electron chi connectivity index (χ1n) is 10.6. The molecule has 1 aliphatic rings. The molecule has 1 atom stereocenters. The Hall–Kier alpha value is -3.60. The van der Waals surface area contributed by atoms with Crippen LogP contribution in [-0.4, -0.2) is 51.3 Å². The molecule has 2 aromatic heterocycles. The summed E-state index contributed by atoms with van der Waals surface area (Å²) in [4.78, 5) is 38.9. The van der Waals surface area contributed by atoms with Crippen molar-refractivity contribution >= 4 is 34.2 Å². The summed E-state index contributed by atoms with van der Waals surface area (Å²) in [6.07, 6.45) is 3.95. The molecule has 0 radical (unpaired) electrons. The lowest BCUT2D eigenvalue weighted by molar-refractivity contribution is -0.119. The average Bonchev–Trinajstić information content (AvgIpc) is 3.45. The third kappa shape index (κ3) is 4.92. The second-order valence-electron chi connectivity index (χ2n) is 7.67. The SMILES string of the molecule is CCOC(=O)c1c(NC(=O)COC(=O)c2ccccc2-n2cnnn2)sc2c1CCC(C)C2. The van der Waals surface area contributed by atoms with Crippen molar-refractivity contribution in [2.45, 2.75) is 33.1 Å². The molecule has 0 aliphatic heterocycles. The number of hydrogen-bond donors (Lipinski definition) is 1. The molecule has 0 saturated heterocycles. The number of tetrazole rings is 1. The van der Waals surface area contributed by atoms with E-state index in [9.17, 15) is 14.4 Å².